The molecule has 6 heteroatoms. The molecule has 31 heavy (non-hydrogen) atoms. The van der Waals surface area contributed by atoms with E-state index in [4.69, 9.17) is 9.47 Å². The molecule has 1 aliphatic heterocycles. The number of amides is 1. The van der Waals surface area contributed by atoms with Crippen molar-refractivity contribution in [1.82, 2.24) is 14.8 Å². The van der Waals surface area contributed by atoms with Crippen LogP contribution in [0, 0.1) is 13.8 Å². The van der Waals surface area contributed by atoms with Gasteiger partial charge < -0.3 is 19.4 Å². The molecule has 1 aromatic heterocycles. The topological polar surface area (TPSA) is 55.7 Å². The number of aryl methyl sites for hydroxylation is 1. The van der Waals surface area contributed by atoms with Crippen LogP contribution in [0.5, 0.6) is 5.75 Å². The Morgan fingerprint density at radius 2 is 2.00 bits per heavy atom. The lowest BCUT2D eigenvalue weighted by atomic mass is 10.1. The number of rotatable bonds is 9. The lowest BCUT2D eigenvalue weighted by Crippen LogP contribution is -2.38. The van der Waals surface area contributed by atoms with E-state index in [-0.39, 0.29) is 5.91 Å². The first-order valence-corrected chi connectivity index (χ1v) is 11.3. The van der Waals surface area contributed by atoms with E-state index in [9.17, 15) is 4.79 Å². The summed E-state index contributed by atoms with van der Waals surface area (Å²) in [6.07, 6.45) is 2.18. The number of ether oxygens (including phenoxy) is 2. The Balaban J connectivity index is 1.50. The molecule has 1 fully saturated rings. The Hall–Kier alpha value is -2.31. The Morgan fingerprint density at radius 1 is 1.26 bits per heavy atom. The minimum Gasteiger partial charge on any atom is -0.492 e. The number of carbonyl (C=O) groups excluding carboxylic acids is 1. The molecule has 2 aromatic rings. The largest absolute Gasteiger partial charge is 0.492 e. The van der Waals surface area contributed by atoms with Crippen LogP contribution in [0.15, 0.2) is 30.3 Å². The summed E-state index contributed by atoms with van der Waals surface area (Å²) >= 11 is 0. The Bertz CT molecular complexity index is 869. The molecule has 0 saturated carbocycles. The third-order valence-electron chi connectivity index (χ3n) is 6.12. The van der Waals surface area contributed by atoms with Crippen molar-refractivity contribution in [3.63, 3.8) is 0 Å². The zero-order valence-electron chi connectivity index (χ0n) is 19.6. The van der Waals surface area contributed by atoms with Crippen molar-refractivity contribution in [2.75, 3.05) is 33.4 Å². The molecule has 1 N–H and O–H groups in total. The van der Waals surface area contributed by atoms with E-state index in [2.05, 4.69) is 35.7 Å². The Labute approximate surface area is 186 Å². The second kappa shape index (κ2) is 10.8. The first kappa shape index (κ1) is 23.4. The predicted octanol–water partition coefficient (Wildman–Crippen LogP) is 4.11. The lowest BCUT2D eigenvalue weighted by Gasteiger charge is -2.31. The summed E-state index contributed by atoms with van der Waals surface area (Å²) in [5.41, 5.74) is 3.89. The molecule has 1 amide bonds. The zero-order chi connectivity index (χ0) is 22.4. The quantitative estimate of drug-likeness (QED) is 0.654. The molecule has 2 heterocycles. The molecule has 0 unspecified atom stereocenters. The maximum Gasteiger partial charge on any atom is 0.253 e. The van der Waals surface area contributed by atoms with Gasteiger partial charge in [0.15, 0.2) is 0 Å². The van der Waals surface area contributed by atoms with E-state index < -0.39 is 0 Å². The van der Waals surface area contributed by atoms with Crippen LogP contribution in [-0.4, -0.2) is 54.8 Å². The number of hydrogen-bond donors (Lipinski definition) is 1. The second-order valence-electron chi connectivity index (χ2n) is 8.75. The van der Waals surface area contributed by atoms with Gasteiger partial charge in [-0.2, -0.15) is 0 Å². The van der Waals surface area contributed by atoms with Crippen molar-refractivity contribution in [3.05, 3.63) is 52.8 Å². The molecule has 0 atom stereocenters. The minimum atomic E-state index is -0.0376. The van der Waals surface area contributed by atoms with Crippen molar-refractivity contribution in [2.45, 2.75) is 59.2 Å². The standard InChI is InChI=1S/C25H37N3O3/c1-18(2)28-19(3)15-24(20(28)4)25(29)26-17-21-7-6-8-23(16-21)31-14-11-27(5)22-9-12-30-13-10-22/h6-8,15-16,18,22H,9-14,17H2,1-5H3,(H,26,29). The Kier molecular flexibility index (Phi) is 8.15. The van der Waals surface area contributed by atoms with Crippen molar-refractivity contribution in [1.29, 1.82) is 0 Å². The molecule has 1 aliphatic rings. The predicted molar refractivity (Wildman–Crippen MR) is 124 cm³/mol. The molecule has 3 rings (SSSR count). The van der Waals surface area contributed by atoms with Gasteiger partial charge in [0.1, 0.15) is 12.4 Å². The molecule has 0 spiro atoms. The van der Waals surface area contributed by atoms with Crippen LogP contribution in [0.2, 0.25) is 0 Å². The number of hydrogen-bond acceptors (Lipinski definition) is 4. The van der Waals surface area contributed by atoms with E-state index in [1.807, 2.05) is 44.2 Å². The van der Waals surface area contributed by atoms with Gasteiger partial charge in [-0.3, -0.25) is 9.69 Å². The highest BCUT2D eigenvalue weighted by molar-refractivity contribution is 5.95. The third-order valence-corrected chi connectivity index (χ3v) is 6.12. The molecule has 170 valence electrons. The van der Waals surface area contributed by atoms with Crippen LogP contribution < -0.4 is 10.1 Å². The van der Waals surface area contributed by atoms with E-state index in [1.165, 1.54) is 0 Å². The van der Waals surface area contributed by atoms with Crippen LogP contribution >= 0.6 is 0 Å². The van der Waals surface area contributed by atoms with Crippen molar-refractivity contribution >= 4 is 5.91 Å². The average Bonchev–Trinajstić information content (AvgIpc) is 3.07. The van der Waals surface area contributed by atoms with E-state index in [0.717, 1.165) is 60.9 Å². The van der Waals surface area contributed by atoms with Gasteiger partial charge in [-0.1, -0.05) is 12.1 Å². The van der Waals surface area contributed by atoms with Gasteiger partial charge in [0.25, 0.3) is 5.91 Å². The van der Waals surface area contributed by atoms with Crippen LogP contribution in [0.1, 0.15) is 60.0 Å². The first-order valence-electron chi connectivity index (χ1n) is 11.3. The van der Waals surface area contributed by atoms with Crippen molar-refractivity contribution in [2.24, 2.45) is 0 Å². The summed E-state index contributed by atoms with van der Waals surface area (Å²) in [5.74, 6) is 0.800. The molecule has 1 saturated heterocycles. The maximum absolute atomic E-state index is 12.7. The molecular weight excluding hydrogens is 390 g/mol. The number of aromatic nitrogens is 1. The molecule has 1 aromatic carbocycles. The monoisotopic (exact) mass is 427 g/mol. The molecular formula is C25H37N3O3. The van der Waals surface area contributed by atoms with Crippen LogP contribution in [-0.2, 0) is 11.3 Å². The molecule has 0 aliphatic carbocycles. The highest BCUT2D eigenvalue weighted by Gasteiger charge is 2.18. The van der Waals surface area contributed by atoms with Gasteiger partial charge in [-0.05, 0) is 71.3 Å². The van der Waals surface area contributed by atoms with Crippen LogP contribution in [0.3, 0.4) is 0 Å². The smallest absolute Gasteiger partial charge is 0.253 e. The van der Waals surface area contributed by atoms with Gasteiger partial charge in [0.05, 0.1) is 5.56 Å². The van der Waals surface area contributed by atoms with Crippen LogP contribution in [0.4, 0.5) is 0 Å². The van der Waals surface area contributed by atoms with E-state index in [0.29, 0.717) is 25.2 Å². The normalized spacial score (nSPS) is 14.9. The molecule has 6 nitrogen and oxygen atoms in total. The van der Waals surface area contributed by atoms with Crippen molar-refractivity contribution in [3.8, 4) is 5.75 Å². The minimum absolute atomic E-state index is 0.0376. The number of likely N-dealkylation sites (N-methyl/N-ethyl adjacent to an activating group) is 1. The fourth-order valence-electron chi connectivity index (χ4n) is 4.44. The molecule has 0 bridgehead atoms. The van der Waals surface area contributed by atoms with Gasteiger partial charge >= 0.3 is 0 Å². The summed E-state index contributed by atoms with van der Waals surface area (Å²) in [6, 6.07) is 10.8. The number of carbonyl (C=O) groups is 1. The highest BCUT2D eigenvalue weighted by Crippen LogP contribution is 2.20. The fraction of sp³-hybridized carbons (Fsp3) is 0.560. The third kappa shape index (κ3) is 6.11. The molecule has 0 radical (unpaired) electrons. The van der Waals surface area contributed by atoms with Gasteiger partial charge in [0.2, 0.25) is 0 Å². The number of nitrogens with zero attached hydrogens (tertiary/aromatic N) is 2. The van der Waals surface area contributed by atoms with Gasteiger partial charge in [-0.15, -0.1) is 0 Å². The van der Waals surface area contributed by atoms with E-state index >= 15 is 0 Å². The summed E-state index contributed by atoms with van der Waals surface area (Å²) in [7, 11) is 2.15. The highest BCUT2D eigenvalue weighted by atomic mass is 16.5. The summed E-state index contributed by atoms with van der Waals surface area (Å²) in [4.78, 5) is 15.1. The Morgan fingerprint density at radius 3 is 2.68 bits per heavy atom. The second-order valence-corrected chi connectivity index (χ2v) is 8.75. The zero-order valence-corrected chi connectivity index (χ0v) is 19.6. The fourth-order valence-corrected chi connectivity index (χ4v) is 4.44. The summed E-state index contributed by atoms with van der Waals surface area (Å²) < 4.78 is 13.6. The van der Waals surface area contributed by atoms with Gasteiger partial charge in [0, 0.05) is 49.8 Å². The van der Waals surface area contributed by atoms with Crippen LogP contribution in [0.25, 0.3) is 0 Å². The maximum atomic E-state index is 12.7. The first-order chi connectivity index (χ1) is 14.9. The number of nitrogens with one attached hydrogen (secondary N) is 1. The summed E-state index contributed by atoms with van der Waals surface area (Å²) in [5, 5.41) is 3.05. The number of benzene rings is 1. The summed E-state index contributed by atoms with van der Waals surface area (Å²) in [6.45, 7) is 12.0. The van der Waals surface area contributed by atoms with Gasteiger partial charge in [-0.25, -0.2) is 0 Å². The lowest BCUT2D eigenvalue weighted by molar-refractivity contribution is 0.0392. The SMILES string of the molecule is Cc1cc(C(=O)NCc2cccc(OCCN(C)C3CCOCC3)c2)c(C)n1C(C)C. The van der Waals surface area contributed by atoms with Crippen molar-refractivity contribution < 1.29 is 14.3 Å². The van der Waals surface area contributed by atoms with E-state index in [1.54, 1.807) is 0 Å². The average molecular weight is 428 g/mol.